The zero-order valence-corrected chi connectivity index (χ0v) is 16.6. The maximum Gasteiger partial charge on any atom is 0.342 e. The molecular weight excluding hydrogens is 398 g/mol. The van der Waals surface area contributed by atoms with Gasteiger partial charge in [0.15, 0.2) is 6.10 Å². The predicted molar refractivity (Wildman–Crippen MR) is 105 cm³/mol. The summed E-state index contributed by atoms with van der Waals surface area (Å²) in [7, 11) is 1.48. The van der Waals surface area contributed by atoms with Crippen molar-refractivity contribution in [2.24, 2.45) is 0 Å². The van der Waals surface area contributed by atoms with Gasteiger partial charge in [0, 0.05) is 22.6 Å². The fourth-order valence-electron chi connectivity index (χ4n) is 2.48. The molecule has 0 N–H and O–H groups in total. The second kappa shape index (κ2) is 8.74. The van der Waals surface area contributed by atoms with E-state index in [9.17, 15) is 14.9 Å². The fraction of sp³-hybridized carbons (Fsp3) is 0.211. The largest absolute Gasteiger partial charge is 0.496 e. The van der Waals surface area contributed by atoms with Crippen LogP contribution in [0.4, 0.5) is 5.69 Å². The van der Waals surface area contributed by atoms with Crippen molar-refractivity contribution >= 4 is 23.4 Å². The first kappa shape index (κ1) is 20.3. The molecule has 0 fully saturated rings. The fourth-order valence-corrected chi connectivity index (χ4v) is 2.91. The van der Waals surface area contributed by atoms with Gasteiger partial charge in [-0.2, -0.15) is 0 Å². The number of aromatic nitrogens is 2. The average molecular weight is 415 g/mol. The molecule has 1 atom stereocenters. The third kappa shape index (κ3) is 4.54. The summed E-state index contributed by atoms with van der Waals surface area (Å²) < 4.78 is 16.3. The molecule has 0 aliphatic heterocycles. The standard InChI is InChI=1S/C19H17N3O6S/c1-11(27-19(23)15-9-8-14(29-3)10-16(15)26-2)17-20-21-18(28-17)12-4-6-13(7-5-12)22(24)25/h4-11H,1-3H3/t11-/m0/s1. The predicted octanol–water partition coefficient (Wildman–Crippen LogP) is 4.29. The number of methoxy groups -OCH3 is 1. The number of hydrogen-bond donors (Lipinski definition) is 0. The van der Waals surface area contributed by atoms with E-state index in [2.05, 4.69) is 10.2 Å². The van der Waals surface area contributed by atoms with E-state index >= 15 is 0 Å². The SMILES string of the molecule is COc1cc(SC)ccc1C(=O)O[C@@H](C)c1nnc(-c2ccc([N+](=O)[O-])cc2)o1. The summed E-state index contributed by atoms with van der Waals surface area (Å²) >= 11 is 1.53. The van der Waals surface area contributed by atoms with Crippen LogP contribution >= 0.6 is 11.8 Å². The molecule has 3 rings (SSSR count). The molecule has 3 aromatic rings. The lowest BCUT2D eigenvalue weighted by Gasteiger charge is -2.12. The number of ether oxygens (including phenoxy) is 2. The number of thioether (sulfide) groups is 1. The Balaban J connectivity index is 1.74. The lowest BCUT2D eigenvalue weighted by Crippen LogP contribution is -2.11. The van der Waals surface area contributed by atoms with E-state index in [-0.39, 0.29) is 23.0 Å². The van der Waals surface area contributed by atoms with E-state index in [4.69, 9.17) is 13.9 Å². The highest BCUT2D eigenvalue weighted by Crippen LogP contribution is 2.28. The molecule has 150 valence electrons. The molecule has 0 bridgehead atoms. The number of nitro groups is 1. The van der Waals surface area contributed by atoms with Crippen molar-refractivity contribution in [3.8, 4) is 17.2 Å². The highest BCUT2D eigenvalue weighted by Gasteiger charge is 2.22. The molecule has 0 radical (unpaired) electrons. The van der Waals surface area contributed by atoms with E-state index < -0.39 is 17.0 Å². The van der Waals surface area contributed by atoms with Crippen LogP contribution in [-0.4, -0.2) is 34.5 Å². The van der Waals surface area contributed by atoms with Crippen LogP contribution < -0.4 is 4.74 Å². The summed E-state index contributed by atoms with van der Waals surface area (Å²) in [5, 5.41) is 18.6. The molecular formula is C19H17N3O6S. The maximum absolute atomic E-state index is 12.5. The summed E-state index contributed by atoms with van der Waals surface area (Å²) in [5.41, 5.74) is 0.756. The van der Waals surface area contributed by atoms with Gasteiger partial charge in [-0.25, -0.2) is 4.79 Å². The quantitative estimate of drug-likeness (QED) is 0.241. The molecule has 29 heavy (non-hydrogen) atoms. The van der Waals surface area contributed by atoms with Gasteiger partial charge in [0.05, 0.1) is 12.0 Å². The summed E-state index contributed by atoms with van der Waals surface area (Å²) in [6.45, 7) is 1.60. The first-order valence-electron chi connectivity index (χ1n) is 8.44. The van der Waals surface area contributed by atoms with Gasteiger partial charge < -0.3 is 13.9 Å². The van der Waals surface area contributed by atoms with Crippen LogP contribution in [0.25, 0.3) is 11.5 Å². The van der Waals surface area contributed by atoms with Gasteiger partial charge in [0.2, 0.25) is 5.89 Å². The Labute approximate surface area is 170 Å². The number of rotatable bonds is 7. The number of esters is 1. The van der Waals surface area contributed by atoms with Gasteiger partial charge in [-0.3, -0.25) is 10.1 Å². The molecule has 10 heteroatoms. The monoisotopic (exact) mass is 415 g/mol. The molecule has 0 saturated carbocycles. The van der Waals surface area contributed by atoms with Crippen molar-refractivity contribution in [1.82, 2.24) is 10.2 Å². The first-order valence-corrected chi connectivity index (χ1v) is 9.66. The lowest BCUT2D eigenvalue weighted by molar-refractivity contribution is -0.384. The summed E-state index contributed by atoms with van der Waals surface area (Å²) in [4.78, 5) is 23.7. The third-order valence-electron chi connectivity index (χ3n) is 4.03. The number of hydrogen-bond acceptors (Lipinski definition) is 9. The van der Waals surface area contributed by atoms with Gasteiger partial charge >= 0.3 is 5.97 Å². The van der Waals surface area contributed by atoms with Crippen molar-refractivity contribution in [3.63, 3.8) is 0 Å². The number of benzene rings is 2. The van der Waals surface area contributed by atoms with Gasteiger partial charge in [0.1, 0.15) is 11.3 Å². The Bertz CT molecular complexity index is 1030. The number of carbonyl (C=O) groups excluding carboxylic acids is 1. The zero-order chi connectivity index (χ0) is 21.0. The van der Waals surface area contributed by atoms with E-state index in [1.54, 1.807) is 25.1 Å². The van der Waals surface area contributed by atoms with Crippen molar-refractivity contribution in [3.05, 3.63) is 64.0 Å². The molecule has 9 nitrogen and oxygen atoms in total. The molecule has 0 aliphatic carbocycles. The summed E-state index contributed by atoms with van der Waals surface area (Å²) in [5.74, 6) is 0.0920. The van der Waals surface area contributed by atoms with Gasteiger partial charge in [-0.05, 0) is 43.5 Å². The van der Waals surface area contributed by atoms with Gasteiger partial charge in [-0.1, -0.05) is 0 Å². The number of non-ortho nitro benzene ring substituents is 1. The highest BCUT2D eigenvalue weighted by molar-refractivity contribution is 7.98. The average Bonchev–Trinajstić information content (AvgIpc) is 3.23. The molecule has 2 aromatic carbocycles. The molecule has 0 spiro atoms. The Hall–Kier alpha value is -3.40. The third-order valence-corrected chi connectivity index (χ3v) is 4.75. The molecule has 1 heterocycles. The maximum atomic E-state index is 12.5. The highest BCUT2D eigenvalue weighted by atomic mass is 32.2. The second-order valence-electron chi connectivity index (χ2n) is 5.86. The van der Waals surface area contributed by atoms with Crippen LogP contribution in [0.2, 0.25) is 0 Å². The minimum Gasteiger partial charge on any atom is -0.496 e. The van der Waals surface area contributed by atoms with Gasteiger partial charge in [0.25, 0.3) is 11.6 Å². The Morgan fingerprint density at radius 3 is 2.55 bits per heavy atom. The number of nitro benzene ring substituents is 1. The van der Waals surface area contributed by atoms with Crippen molar-refractivity contribution < 1.29 is 23.6 Å². The van der Waals surface area contributed by atoms with Crippen LogP contribution in [-0.2, 0) is 4.74 Å². The van der Waals surface area contributed by atoms with E-state index in [1.807, 2.05) is 6.26 Å². The molecule has 0 unspecified atom stereocenters. The first-order chi connectivity index (χ1) is 13.9. The summed E-state index contributed by atoms with van der Waals surface area (Å²) in [6, 6.07) is 10.9. The van der Waals surface area contributed by atoms with Crippen LogP contribution in [0.5, 0.6) is 5.75 Å². The second-order valence-corrected chi connectivity index (χ2v) is 6.74. The van der Waals surface area contributed by atoms with Crippen LogP contribution in [0.3, 0.4) is 0 Å². The Morgan fingerprint density at radius 1 is 1.21 bits per heavy atom. The molecule has 0 amide bonds. The Morgan fingerprint density at radius 2 is 1.93 bits per heavy atom. The Kier molecular flexibility index (Phi) is 6.13. The minimum atomic E-state index is -0.799. The molecule has 1 aromatic heterocycles. The van der Waals surface area contributed by atoms with Crippen molar-refractivity contribution in [2.45, 2.75) is 17.9 Å². The molecule has 0 saturated heterocycles. The number of carbonyl (C=O) groups is 1. The summed E-state index contributed by atoms with van der Waals surface area (Å²) in [6.07, 6.45) is 1.12. The number of nitrogens with zero attached hydrogens (tertiary/aromatic N) is 3. The smallest absolute Gasteiger partial charge is 0.342 e. The van der Waals surface area contributed by atoms with Crippen LogP contribution in [0.15, 0.2) is 51.8 Å². The van der Waals surface area contributed by atoms with Crippen molar-refractivity contribution in [2.75, 3.05) is 13.4 Å². The van der Waals surface area contributed by atoms with Crippen LogP contribution in [0.1, 0.15) is 29.3 Å². The lowest BCUT2D eigenvalue weighted by atomic mass is 10.2. The minimum absolute atomic E-state index is 0.0442. The zero-order valence-electron chi connectivity index (χ0n) is 15.8. The van der Waals surface area contributed by atoms with E-state index in [0.29, 0.717) is 11.3 Å². The molecule has 0 aliphatic rings. The van der Waals surface area contributed by atoms with E-state index in [0.717, 1.165) is 4.90 Å². The van der Waals surface area contributed by atoms with Crippen molar-refractivity contribution in [1.29, 1.82) is 0 Å². The van der Waals surface area contributed by atoms with E-state index in [1.165, 1.54) is 43.1 Å². The topological polar surface area (TPSA) is 118 Å². The van der Waals surface area contributed by atoms with Crippen LogP contribution in [0, 0.1) is 10.1 Å². The normalized spacial score (nSPS) is 11.7. The van der Waals surface area contributed by atoms with Gasteiger partial charge in [-0.15, -0.1) is 22.0 Å².